The quantitative estimate of drug-likeness (QED) is 0.601. The van der Waals surface area contributed by atoms with Crippen molar-refractivity contribution in [2.45, 2.75) is 33.6 Å². The van der Waals surface area contributed by atoms with Crippen molar-refractivity contribution < 1.29 is 4.74 Å². The second-order valence-electron chi connectivity index (χ2n) is 4.71. The van der Waals surface area contributed by atoms with E-state index < -0.39 is 0 Å². The largest absolute Gasteiger partial charge is 0.377 e. The van der Waals surface area contributed by atoms with E-state index in [0.717, 1.165) is 13.2 Å². The number of hydrogen-bond acceptors (Lipinski definition) is 1. The van der Waals surface area contributed by atoms with Crippen LogP contribution in [0.2, 0.25) is 0 Å². The normalized spacial score (nSPS) is 22.8. The van der Waals surface area contributed by atoms with E-state index in [9.17, 15) is 0 Å². The molecule has 1 aliphatic rings. The van der Waals surface area contributed by atoms with Crippen LogP contribution in [0, 0.1) is 5.41 Å². The van der Waals surface area contributed by atoms with Gasteiger partial charge in [-0.25, -0.2) is 0 Å². The highest BCUT2D eigenvalue weighted by atomic mass is 16.5. The average Bonchev–Trinajstić information content (AvgIpc) is 2.04. The van der Waals surface area contributed by atoms with Gasteiger partial charge in [0.25, 0.3) is 0 Å². The maximum Gasteiger partial charge on any atom is 0.0679 e. The van der Waals surface area contributed by atoms with E-state index in [1.165, 1.54) is 18.4 Å². The molecule has 0 radical (unpaired) electrons. The molecule has 13 heavy (non-hydrogen) atoms. The lowest BCUT2D eigenvalue weighted by atomic mass is 9.96. The molecule has 0 atom stereocenters. The van der Waals surface area contributed by atoms with E-state index >= 15 is 0 Å². The van der Waals surface area contributed by atoms with Crippen LogP contribution in [0.15, 0.2) is 23.8 Å². The maximum absolute atomic E-state index is 5.36. The number of allylic oxidation sites excluding steroid dienone is 3. The van der Waals surface area contributed by atoms with Crippen LogP contribution in [-0.4, -0.2) is 13.2 Å². The Balaban J connectivity index is 2.42. The van der Waals surface area contributed by atoms with Crippen molar-refractivity contribution in [3.05, 3.63) is 23.8 Å². The predicted octanol–water partition coefficient (Wildman–Crippen LogP) is 3.33. The Morgan fingerprint density at radius 3 is 2.62 bits per heavy atom. The molecule has 1 nitrogen and oxygen atoms in total. The van der Waals surface area contributed by atoms with Gasteiger partial charge in [0.15, 0.2) is 0 Å². The Kier molecular flexibility index (Phi) is 3.73. The highest BCUT2D eigenvalue weighted by Crippen LogP contribution is 2.16. The monoisotopic (exact) mass is 180 g/mol. The third-order valence-electron chi connectivity index (χ3n) is 2.00. The van der Waals surface area contributed by atoms with Gasteiger partial charge < -0.3 is 4.74 Å². The highest BCUT2D eigenvalue weighted by molar-refractivity contribution is 5.15. The highest BCUT2D eigenvalue weighted by Gasteiger charge is 2.05. The molecule has 0 aromatic rings. The van der Waals surface area contributed by atoms with Gasteiger partial charge in [-0.05, 0) is 23.8 Å². The summed E-state index contributed by atoms with van der Waals surface area (Å²) in [5.41, 5.74) is 1.71. The molecular weight excluding hydrogens is 160 g/mol. The van der Waals surface area contributed by atoms with Crippen molar-refractivity contribution in [2.75, 3.05) is 13.2 Å². The van der Waals surface area contributed by atoms with Crippen LogP contribution in [0.1, 0.15) is 33.6 Å². The molecule has 0 unspecified atom stereocenters. The van der Waals surface area contributed by atoms with Crippen LogP contribution in [0.3, 0.4) is 0 Å². The fourth-order valence-corrected chi connectivity index (χ4v) is 1.28. The summed E-state index contributed by atoms with van der Waals surface area (Å²) in [6.45, 7) is 8.38. The van der Waals surface area contributed by atoms with Gasteiger partial charge in [0.1, 0.15) is 0 Å². The zero-order chi connectivity index (χ0) is 9.73. The van der Waals surface area contributed by atoms with Crippen molar-refractivity contribution in [1.29, 1.82) is 0 Å². The van der Waals surface area contributed by atoms with Gasteiger partial charge in [-0.2, -0.15) is 0 Å². The van der Waals surface area contributed by atoms with Gasteiger partial charge in [-0.3, -0.25) is 0 Å². The second-order valence-corrected chi connectivity index (χ2v) is 4.71. The second kappa shape index (κ2) is 4.61. The van der Waals surface area contributed by atoms with E-state index in [-0.39, 0.29) is 5.41 Å². The van der Waals surface area contributed by atoms with Crippen LogP contribution < -0.4 is 0 Å². The number of hydrogen-bond donors (Lipinski definition) is 0. The van der Waals surface area contributed by atoms with Gasteiger partial charge >= 0.3 is 0 Å². The molecule has 74 valence electrons. The van der Waals surface area contributed by atoms with E-state index in [0.29, 0.717) is 0 Å². The summed E-state index contributed by atoms with van der Waals surface area (Å²) in [5, 5.41) is 0. The Bertz CT molecular complexity index is 198. The standard InChI is InChI=1S/C12H20O/c1-12(2,3)8-4-6-11-7-5-9-13-10-11/h4,6,8H,5,7,9-10H2,1-3H3/b8-4+,11-6+. The first-order valence-corrected chi connectivity index (χ1v) is 5.03. The molecule has 1 heterocycles. The molecule has 0 aromatic heterocycles. The zero-order valence-corrected chi connectivity index (χ0v) is 8.97. The Hall–Kier alpha value is -0.560. The lowest BCUT2D eigenvalue weighted by Crippen LogP contribution is -2.07. The summed E-state index contributed by atoms with van der Waals surface area (Å²) in [4.78, 5) is 0. The summed E-state index contributed by atoms with van der Waals surface area (Å²) in [6, 6.07) is 0. The van der Waals surface area contributed by atoms with Crippen molar-refractivity contribution >= 4 is 0 Å². The van der Waals surface area contributed by atoms with Crippen LogP contribution >= 0.6 is 0 Å². The molecule has 0 aromatic carbocycles. The smallest absolute Gasteiger partial charge is 0.0679 e. The molecule has 0 spiro atoms. The first-order chi connectivity index (χ1) is 6.08. The molecule has 0 saturated carbocycles. The lowest BCUT2D eigenvalue weighted by molar-refractivity contribution is 0.130. The van der Waals surface area contributed by atoms with Crippen LogP contribution in [0.4, 0.5) is 0 Å². The lowest BCUT2D eigenvalue weighted by Gasteiger charge is -2.14. The molecule has 0 amide bonds. The van der Waals surface area contributed by atoms with E-state index in [1.807, 2.05) is 0 Å². The van der Waals surface area contributed by atoms with Crippen molar-refractivity contribution in [3.63, 3.8) is 0 Å². The summed E-state index contributed by atoms with van der Waals surface area (Å²) in [7, 11) is 0. The van der Waals surface area contributed by atoms with Crippen LogP contribution in [-0.2, 0) is 4.74 Å². The first kappa shape index (κ1) is 10.5. The third kappa shape index (κ3) is 4.89. The van der Waals surface area contributed by atoms with Gasteiger partial charge in [0.05, 0.1) is 6.61 Å². The Morgan fingerprint density at radius 2 is 2.08 bits per heavy atom. The van der Waals surface area contributed by atoms with Crippen molar-refractivity contribution in [2.24, 2.45) is 5.41 Å². The molecule has 1 heteroatoms. The minimum Gasteiger partial charge on any atom is -0.377 e. The third-order valence-corrected chi connectivity index (χ3v) is 2.00. The fourth-order valence-electron chi connectivity index (χ4n) is 1.28. The molecular formula is C12H20O. The summed E-state index contributed by atoms with van der Waals surface area (Å²) < 4.78 is 5.36. The topological polar surface area (TPSA) is 9.23 Å². The van der Waals surface area contributed by atoms with Gasteiger partial charge in [0.2, 0.25) is 0 Å². The van der Waals surface area contributed by atoms with Crippen molar-refractivity contribution in [3.8, 4) is 0 Å². The molecule has 1 fully saturated rings. The molecule has 0 bridgehead atoms. The van der Waals surface area contributed by atoms with Crippen LogP contribution in [0.25, 0.3) is 0 Å². The molecule has 0 aliphatic carbocycles. The number of ether oxygens (including phenoxy) is 1. The minimum atomic E-state index is 0.284. The van der Waals surface area contributed by atoms with Crippen molar-refractivity contribution in [1.82, 2.24) is 0 Å². The molecule has 0 N–H and O–H groups in total. The Labute approximate surface area is 81.5 Å². The predicted molar refractivity (Wildman–Crippen MR) is 56.7 cm³/mol. The summed E-state index contributed by atoms with van der Waals surface area (Å²) in [6.07, 6.45) is 8.96. The number of rotatable bonds is 1. The molecule has 1 saturated heterocycles. The minimum absolute atomic E-state index is 0.284. The van der Waals surface area contributed by atoms with Gasteiger partial charge in [-0.1, -0.05) is 39.0 Å². The SMILES string of the molecule is CC(C)(C)/C=C/C=C1\CCCOC1. The fraction of sp³-hybridized carbons (Fsp3) is 0.667. The van der Waals surface area contributed by atoms with Gasteiger partial charge in [-0.15, -0.1) is 0 Å². The average molecular weight is 180 g/mol. The van der Waals surface area contributed by atoms with E-state index in [1.54, 1.807) is 0 Å². The van der Waals surface area contributed by atoms with Crippen LogP contribution in [0.5, 0.6) is 0 Å². The van der Waals surface area contributed by atoms with Gasteiger partial charge in [0, 0.05) is 6.61 Å². The van der Waals surface area contributed by atoms with E-state index in [4.69, 9.17) is 4.74 Å². The molecule has 1 rings (SSSR count). The summed E-state index contributed by atoms with van der Waals surface area (Å²) >= 11 is 0. The summed E-state index contributed by atoms with van der Waals surface area (Å²) in [5.74, 6) is 0. The van der Waals surface area contributed by atoms with E-state index in [2.05, 4.69) is 39.0 Å². The maximum atomic E-state index is 5.36. The zero-order valence-electron chi connectivity index (χ0n) is 8.97. The first-order valence-electron chi connectivity index (χ1n) is 5.03. The Morgan fingerprint density at radius 1 is 1.31 bits per heavy atom. The molecule has 1 aliphatic heterocycles.